The molecule has 1 aliphatic rings. The topological polar surface area (TPSA) is 64.6 Å². The minimum atomic E-state index is -0.906. The number of rotatable bonds is 5. The first kappa shape index (κ1) is 18.5. The third-order valence-electron chi connectivity index (χ3n) is 4.41. The van der Waals surface area contributed by atoms with Crippen molar-refractivity contribution < 1.29 is 19.1 Å². The van der Waals surface area contributed by atoms with Crippen LogP contribution in [-0.4, -0.2) is 25.1 Å². The third kappa shape index (κ3) is 4.07. The van der Waals surface area contributed by atoms with Crippen LogP contribution in [0, 0.1) is 0 Å². The van der Waals surface area contributed by atoms with Crippen LogP contribution in [0.5, 0.6) is 5.75 Å². The van der Waals surface area contributed by atoms with Gasteiger partial charge in [-0.2, -0.15) is 0 Å². The van der Waals surface area contributed by atoms with Crippen molar-refractivity contribution in [2.75, 3.05) is 12.4 Å². The average molecular weight is 418 g/mol. The van der Waals surface area contributed by atoms with Crippen LogP contribution in [0.4, 0.5) is 5.69 Å². The Kier molecular flexibility index (Phi) is 5.61. The fourth-order valence-electron chi connectivity index (χ4n) is 2.97. The Bertz CT molecular complexity index is 850. The van der Waals surface area contributed by atoms with Gasteiger partial charge in [0.2, 0.25) is 0 Å². The first-order chi connectivity index (χ1) is 12.5. The number of hydrogen-bond acceptors (Lipinski definition) is 4. The molecular formula is C20H20BrNO4. The molecule has 6 heteroatoms. The summed E-state index contributed by atoms with van der Waals surface area (Å²) < 4.78 is 11.1. The number of methoxy groups -OCH3 is 1. The third-order valence-corrected chi connectivity index (χ3v) is 5.03. The quantitative estimate of drug-likeness (QED) is 0.742. The Balaban J connectivity index is 1.61. The van der Waals surface area contributed by atoms with Gasteiger partial charge in [0.1, 0.15) is 5.75 Å². The van der Waals surface area contributed by atoms with E-state index < -0.39 is 12.1 Å². The van der Waals surface area contributed by atoms with Crippen molar-refractivity contribution in [1.29, 1.82) is 0 Å². The highest BCUT2D eigenvalue weighted by molar-refractivity contribution is 9.10. The van der Waals surface area contributed by atoms with Crippen molar-refractivity contribution >= 4 is 33.5 Å². The summed E-state index contributed by atoms with van der Waals surface area (Å²) in [5, 5.41) is 2.81. The van der Waals surface area contributed by atoms with E-state index in [4.69, 9.17) is 9.47 Å². The minimum absolute atomic E-state index is 0.342. The van der Waals surface area contributed by atoms with Gasteiger partial charge >= 0.3 is 5.97 Å². The molecule has 3 rings (SSSR count). The Hall–Kier alpha value is -2.34. The van der Waals surface area contributed by atoms with Crippen molar-refractivity contribution in [1.82, 2.24) is 0 Å². The van der Waals surface area contributed by atoms with Gasteiger partial charge in [-0.05, 0) is 83.6 Å². The van der Waals surface area contributed by atoms with Crippen LogP contribution in [0.1, 0.15) is 34.8 Å². The van der Waals surface area contributed by atoms with E-state index in [0.29, 0.717) is 15.8 Å². The molecule has 0 aromatic heterocycles. The van der Waals surface area contributed by atoms with Crippen molar-refractivity contribution in [2.45, 2.75) is 32.3 Å². The zero-order chi connectivity index (χ0) is 18.7. The van der Waals surface area contributed by atoms with E-state index >= 15 is 0 Å². The summed E-state index contributed by atoms with van der Waals surface area (Å²) in [7, 11) is 1.55. The van der Waals surface area contributed by atoms with Crippen LogP contribution in [0.15, 0.2) is 40.9 Å². The SMILES string of the molecule is COc1ccc(C(=O)O[C@H](C)C(=O)Nc2ccc3c(c2)CCC3)cc1Br. The summed E-state index contributed by atoms with van der Waals surface area (Å²) in [6.07, 6.45) is 2.37. The van der Waals surface area contributed by atoms with E-state index in [-0.39, 0.29) is 5.91 Å². The number of nitrogens with one attached hydrogen (secondary N) is 1. The molecule has 0 aliphatic heterocycles. The maximum Gasteiger partial charge on any atom is 0.338 e. The van der Waals surface area contributed by atoms with Gasteiger partial charge in [-0.25, -0.2) is 4.79 Å². The Morgan fingerprint density at radius 3 is 2.62 bits per heavy atom. The van der Waals surface area contributed by atoms with Gasteiger partial charge in [-0.15, -0.1) is 0 Å². The molecule has 1 amide bonds. The second kappa shape index (κ2) is 7.91. The van der Waals surface area contributed by atoms with Gasteiger partial charge in [0.25, 0.3) is 5.91 Å². The normalized spacial score (nSPS) is 13.7. The number of amides is 1. The molecule has 136 valence electrons. The lowest BCUT2D eigenvalue weighted by atomic mass is 10.1. The van der Waals surface area contributed by atoms with Crippen LogP contribution >= 0.6 is 15.9 Å². The molecule has 1 atom stereocenters. The van der Waals surface area contributed by atoms with E-state index in [2.05, 4.69) is 21.2 Å². The summed E-state index contributed by atoms with van der Waals surface area (Å²) in [6.45, 7) is 1.55. The predicted molar refractivity (Wildman–Crippen MR) is 103 cm³/mol. The number of fused-ring (bicyclic) bond motifs is 1. The zero-order valence-corrected chi connectivity index (χ0v) is 16.3. The number of esters is 1. The highest BCUT2D eigenvalue weighted by Crippen LogP contribution is 2.26. The molecule has 1 aliphatic carbocycles. The lowest BCUT2D eigenvalue weighted by molar-refractivity contribution is -0.123. The van der Waals surface area contributed by atoms with Crippen molar-refractivity contribution in [3.8, 4) is 5.75 Å². The van der Waals surface area contributed by atoms with E-state index in [1.165, 1.54) is 11.1 Å². The molecule has 2 aromatic rings. The summed E-state index contributed by atoms with van der Waals surface area (Å²) in [5.41, 5.74) is 3.68. The van der Waals surface area contributed by atoms with Gasteiger partial charge < -0.3 is 14.8 Å². The maximum absolute atomic E-state index is 12.3. The van der Waals surface area contributed by atoms with Gasteiger partial charge in [0.05, 0.1) is 17.1 Å². The standard InChI is InChI=1S/C20H20BrNO4/c1-12(26-20(24)15-7-9-18(25-2)17(21)11-15)19(23)22-16-8-6-13-4-3-5-14(13)10-16/h6-12H,3-5H2,1-2H3,(H,22,23)/t12-/m1/s1. The number of hydrogen-bond donors (Lipinski definition) is 1. The highest BCUT2D eigenvalue weighted by Gasteiger charge is 2.20. The summed E-state index contributed by atoms with van der Waals surface area (Å²) in [4.78, 5) is 24.6. The van der Waals surface area contributed by atoms with Crippen LogP contribution in [-0.2, 0) is 22.4 Å². The fraction of sp³-hybridized carbons (Fsp3) is 0.300. The van der Waals surface area contributed by atoms with Crippen LogP contribution in [0.2, 0.25) is 0 Å². The van der Waals surface area contributed by atoms with Gasteiger partial charge in [0.15, 0.2) is 6.10 Å². The molecule has 0 spiro atoms. The number of carbonyl (C=O) groups excluding carboxylic acids is 2. The molecule has 0 bridgehead atoms. The monoisotopic (exact) mass is 417 g/mol. The molecule has 5 nitrogen and oxygen atoms in total. The molecule has 0 saturated heterocycles. The lowest BCUT2D eigenvalue weighted by Crippen LogP contribution is -2.30. The number of halogens is 1. The lowest BCUT2D eigenvalue weighted by Gasteiger charge is -2.14. The molecule has 0 saturated carbocycles. The summed E-state index contributed by atoms with van der Waals surface area (Å²) >= 11 is 3.33. The first-order valence-corrected chi connectivity index (χ1v) is 9.24. The van der Waals surface area contributed by atoms with Crippen molar-refractivity contribution in [3.63, 3.8) is 0 Å². The molecule has 26 heavy (non-hydrogen) atoms. The van der Waals surface area contributed by atoms with Crippen LogP contribution < -0.4 is 10.1 Å². The largest absolute Gasteiger partial charge is 0.496 e. The number of anilines is 1. The highest BCUT2D eigenvalue weighted by atomic mass is 79.9. The number of benzene rings is 2. The molecule has 0 fully saturated rings. The second-order valence-corrected chi connectivity index (χ2v) is 7.08. The van der Waals surface area contributed by atoms with E-state index in [1.807, 2.05) is 18.2 Å². The molecule has 2 aromatic carbocycles. The molecular weight excluding hydrogens is 398 g/mol. The first-order valence-electron chi connectivity index (χ1n) is 8.45. The van der Waals surface area contributed by atoms with E-state index in [9.17, 15) is 9.59 Å². The molecule has 0 unspecified atom stereocenters. The van der Waals surface area contributed by atoms with Gasteiger partial charge in [-0.1, -0.05) is 6.07 Å². The molecule has 1 N–H and O–H groups in total. The zero-order valence-electron chi connectivity index (χ0n) is 14.7. The van der Waals surface area contributed by atoms with Crippen LogP contribution in [0.25, 0.3) is 0 Å². The maximum atomic E-state index is 12.3. The summed E-state index contributed by atoms with van der Waals surface area (Å²) in [6, 6.07) is 10.8. The van der Waals surface area contributed by atoms with E-state index in [1.54, 1.807) is 32.2 Å². The fourth-order valence-corrected chi connectivity index (χ4v) is 3.51. The van der Waals surface area contributed by atoms with Gasteiger partial charge in [-0.3, -0.25) is 4.79 Å². The smallest absolute Gasteiger partial charge is 0.338 e. The Morgan fingerprint density at radius 2 is 1.88 bits per heavy atom. The van der Waals surface area contributed by atoms with Crippen LogP contribution in [0.3, 0.4) is 0 Å². The summed E-state index contributed by atoms with van der Waals surface area (Å²) in [5.74, 6) is -0.308. The van der Waals surface area contributed by atoms with Crippen molar-refractivity contribution in [3.05, 3.63) is 57.6 Å². The second-order valence-electron chi connectivity index (χ2n) is 6.22. The van der Waals surface area contributed by atoms with Crippen molar-refractivity contribution in [2.24, 2.45) is 0 Å². The predicted octanol–water partition coefficient (Wildman–Crippen LogP) is 4.13. The number of aryl methyl sites for hydroxylation is 2. The minimum Gasteiger partial charge on any atom is -0.496 e. The average Bonchev–Trinajstić information content (AvgIpc) is 3.09. The van der Waals surface area contributed by atoms with E-state index in [0.717, 1.165) is 24.9 Å². The van der Waals surface area contributed by atoms with Gasteiger partial charge in [0, 0.05) is 5.69 Å². The number of carbonyl (C=O) groups is 2. The number of ether oxygens (including phenoxy) is 2. The molecule has 0 radical (unpaired) electrons. The Labute approximate surface area is 160 Å². The molecule has 0 heterocycles. The Morgan fingerprint density at radius 1 is 1.12 bits per heavy atom.